The molecule has 2 rings (SSSR count). The third kappa shape index (κ3) is 2.60. The van der Waals surface area contributed by atoms with E-state index in [2.05, 4.69) is 23.5 Å². The van der Waals surface area contributed by atoms with Gasteiger partial charge in [-0.2, -0.15) is 0 Å². The van der Waals surface area contributed by atoms with Gasteiger partial charge >= 0.3 is 0 Å². The summed E-state index contributed by atoms with van der Waals surface area (Å²) in [5.41, 5.74) is 2.77. The summed E-state index contributed by atoms with van der Waals surface area (Å²) in [6.45, 7) is 2.18. The van der Waals surface area contributed by atoms with E-state index in [0.29, 0.717) is 0 Å². The van der Waals surface area contributed by atoms with Gasteiger partial charge in [0.2, 0.25) is 0 Å². The van der Waals surface area contributed by atoms with Crippen LogP contribution in [0.2, 0.25) is 0 Å². The molecule has 0 radical (unpaired) electrons. The maximum Gasteiger partial charge on any atom is 0.118 e. The second-order valence-electron chi connectivity index (χ2n) is 3.75. The minimum atomic E-state index is 0.922. The second-order valence-corrected chi connectivity index (χ2v) is 3.75. The molecule has 1 aliphatic heterocycles. The van der Waals surface area contributed by atoms with Gasteiger partial charge in [-0.1, -0.05) is 18.2 Å². The Hall–Kier alpha value is -1.28. The van der Waals surface area contributed by atoms with Crippen LogP contribution in [-0.2, 0) is 0 Å². The van der Waals surface area contributed by atoms with Crippen LogP contribution in [0.4, 0.5) is 0 Å². The Bertz CT molecular complexity index is 340. The molecule has 0 fully saturated rings. The van der Waals surface area contributed by atoms with E-state index in [1.54, 1.807) is 7.11 Å². The van der Waals surface area contributed by atoms with Crippen molar-refractivity contribution >= 4 is 5.57 Å². The van der Waals surface area contributed by atoms with E-state index in [9.17, 15) is 0 Å². The average Bonchev–Trinajstić information content (AvgIpc) is 2.58. The molecule has 1 N–H and O–H groups in total. The monoisotopic (exact) mass is 203 g/mol. The molecule has 2 nitrogen and oxygen atoms in total. The number of rotatable bonds is 2. The largest absolute Gasteiger partial charge is 0.497 e. The summed E-state index contributed by atoms with van der Waals surface area (Å²) in [5.74, 6) is 0.922. The van der Waals surface area contributed by atoms with Crippen LogP contribution in [0.15, 0.2) is 30.3 Å². The molecule has 80 valence electrons. The normalized spacial score (nSPS) is 16.7. The van der Waals surface area contributed by atoms with Gasteiger partial charge in [0.25, 0.3) is 0 Å². The Balaban J connectivity index is 2.16. The van der Waals surface area contributed by atoms with Crippen molar-refractivity contribution in [3.63, 3.8) is 0 Å². The third-order valence-electron chi connectivity index (χ3n) is 2.74. The molecular formula is C13H17NO. The van der Waals surface area contributed by atoms with E-state index in [-0.39, 0.29) is 0 Å². The van der Waals surface area contributed by atoms with Gasteiger partial charge in [-0.25, -0.2) is 0 Å². The van der Waals surface area contributed by atoms with Gasteiger partial charge in [-0.3, -0.25) is 0 Å². The van der Waals surface area contributed by atoms with E-state index in [1.807, 2.05) is 12.1 Å². The minimum Gasteiger partial charge on any atom is -0.497 e. The quantitative estimate of drug-likeness (QED) is 0.797. The lowest BCUT2D eigenvalue weighted by molar-refractivity contribution is 0.415. The Morgan fingerprint density at radius 1 is 1.13 bits per heavy atom. The van der Waals surface area contributed by atoms with Gasteiger partial charge in [0.1, 0.15) is 5.75 Å². The van der Waals surface area contributed by atoms with Crippen LogP contribution in [0.3, 0.4) is 0 Å². The zero-order valence-corrected chi connectivity index (χ0v) is 9.12. The van der Waals surface area contributed by atoms with Gasteiger partial charge in [-0.15, -0.1) is 0 Å². The summed E-state index contributed by atoms with van der Waals surface area (Å²) in [6.07, 6.45) is 4.58. The molecule has 0 amide bonds. The molecule has 0 saturated heterocycles. The summed E-state index contributed by atoms with van der Waals surface area (Å²) in [4.78, 5) is 0. The standard InChI is InChI=1S/C13H17NO/c1-15-13-6-4-12(5-7-13)11-3-2-9-14-10-8-11/h3-7,14H,2,8-10H2,1H3. The number of methoxy groups -OCH3 is 1. The van der Waals surface area contributed by atoms with Crippen molar-refractivity contribution in [2.75, 3.05) is 20.2 Å². The molecule has 0 saturated carbocycles. The predicted molar refractivity (Wildman–Crippen MR) is 63.1 cm³/mol. The van der Waals surface area contributed by atoms with Gasteiger partial charge < -0.3 is 10.1 Å². The van der Waals surface area contributed by atoms with Crippen molar-refractivity contribution < 1.29 is 4.74 Å². The Labute approximate surface area is 91.0 Å². The molecule has 15 heavy (non-hydrogen) atoms. The average molecular weight is 203 g/mol. The van der Waals surface area contributed by atoms with Gasteiger partial charge in [0, 0.05) is 0 Å². The van der Waals surface area contributed by atoms with Crippen molar-refractivity contribution in [2.45, 2.75) is 12.8 Å². The Kier molecular flexibility index (Phi) is 3.41. The lowest BCUT2D eigenvalue weighted by atomic mass is 10.0. The van der Waals surface area contributed by atoms with E-state index < -0.39 is 0 Å². The van der Waals surface area contributed by atoms with Crippen LogP contribution in [-0.4, -0.2) is 20.2 Å². The maximum atomic E-state index is 5.15. The summed E-state index contributed by atoms with van der Waals surface area (Å²) >= 11 is 0. The highest BCUT2D eigenvalue weighted by atomic mass is 16.5. The van der Waals surface area contributed by atoms with E-state index in [0.717, 1.165) is 31.7 Å². The van der Waals surface area contributed by atoms with Crippen molar-refractivity contribution in [2.24, 2.45) is 0 Å². The first-order valence-corrected chi connectivity index (χ1v) is 5.44. The van der Waals surface area contributed by atoms with Gasteiger partial charge in [0.05, 0.1) is 7.11 Å². The van der Waals surface area contributed by atoms with Crippen LogP contribution >= 0.6 is 0 Å². The zero-order chi connectivity index (χ0) is 10.5. The molecule has 0 aliphatic carbocycles. The van der Waals surface area contributed by atoms with E-state index >= 15 is 0 Å². The molecule has 0 aromatic heterocycles. The number of nitrogens with one attached hydrogen (secondary N) is 1. The molecule has 1 aromatic rings. The summed E-state index contributed by atoms with van der Waals surface area (Å²) in [7, 11) is 1.70. The molecule has 0 atom stereocenters. The highest BCUT2D eigenvalue weighted by Gasteiger charge is 2.04. The van der Waals surface area contributed by atoms with Crippen LogP contribution in [0.5, 0.6) is 5.75 Å². The fourth-order valence-electron chi connectivity index (χ4n) is 1.87. The maximum absolute atomic E-state index is 5.15. The van der Waals surface area contributed by atoms with Gasteiger partial charge in [0.15, 0.2) is 0 Å². The van der Waals surface area contributed by atoms with Crippen LogP contribution in [0, 0.1) is 0 Å². The Morgan fingerprint density at radius 2 is 1.93 bits per heavy atom. The summed E-state index contributed by atoms with van der Waals surface area (Å²) < 4.78 is 5.15. The highest BCUT2D eigenvalue weighted by molar-refractivity contribution is 5.66. The van der Waals surface area contributed by atoms with Crippen molar-refractivity contribution in [3.05, 3.63) is 35.9 Å². The number of ether oxygens (including phenoxy) is 1. The number of benzene rings is 1. The number of hydrogen-bond acceptors (Lipinski definition) is 2. The zero-order valence-electron chi connectivity index (χ0n) is 9.12. The fraction of sp³-hybridized carbons (Fsp3) is 0.385. The molecule has 0 unspecified atom stereocenters. The molecular weight excluding hydrogens is 186 g/mol. The molecule has 1 heterocycles. The first kappa shape index (κ1) is 10.2. The van der Waals surface area contributed by atoms with Crippen LogP contribution in [0.1, 0.15) is 18.4 Å². The molecule has 2 heteroatoms. The first-order valence-electron chi connectivity index (χ1n) is 5.44. The van der Waals surface area contributed by atoms with Crippen molar-refractivity contribution in [1.82, 2.24) is 5.32 Å². The second kappa shape index (κ2) is 4.99. The summed E-state index contributed by atoms with van der Waals surface area (Å²) in [6, 6.07) is 8.31. The molecule has 1 aliphatic rings. The number of hydrogen-bond donors (Lipinski definition) is 1. The predicted octanol–water partition coefficient (Wildman–Crippen LogP) is 2.46. The van der Waals surface area contributed by atoms with Crippen molar-refractivity contribution in [1.29, 1.82) is 0 Å². The minimum absolute atomic E-state index is 0.922. The SMILES string of the molecule is COc1ccc(C2=CCCNCC2)cc1. The lowest BCUT2D eigenvalue weighted by Gasteiger charge is -2.06. The molecule has 0 spiro atoms. The topological polar surface area (TPSA) is 21.3 Å². The van der Waals surface area contributed by atoms with E-state index in [4.69, 9.17) is 4.74 Å². The third-order valence-corrected chi connectivity index (χ3v) is 2.74. The smallest absolute Gasteiger partial charge is 0.118 e. The Morgan fingerprint density at radius 3 is 2.67 bits per heavy atom. The van der Waals surface area contributed by atoms with Crippen molar-refractivity contribution in [3.8, 4) is 5.75 Å². The van der Waals surface area contributed by atoms with Crippen LogP contribution < -0.4 is 10.1 Å². The fourth-order valence-corrected chi connectivity index (χ4v) is 1.87. The van der Waals surface area contributed by atoms with Crippen LogP contribution in [0.25, 0.3) is 5.57 Å². The summed E-state index contributed by atoms with van der Waals surface area (Å²) in [5, 5.41) is 3.39. The first-order chi connectivity index (χ1) is 7.40. The van der Waals surface area contributed by atoms with E-state index in [1.165, 1.54) is 11.1 Å². The molecule has 0 bridgehead atoms. The lowest BCUT2D eigenvalue weighted by Crippen LogP contribution is -2.13. The van der Waals surface area contributed by atoms with Gasteiger partial charge in [-0.05, 0) is 49.2 Å². The molecule has 1 aromatic carbocycles. The highest BCUT2D eigenvalue weighted by Crippen LogP contribution is 2.22.